The van der Waals surface area contributed by atoms with E-state index in [2.05, 4.69) is 34.1 Å². The fourth-order valence-corrected chi connectivity index (χ4v) is 2.38. The molecule has 1 N–H and O–H groups in total. The van der Waals surface area contributed by atoms with Gasteiger partial charge >= 0.3 is 0 Å². The lowest BCUT2D eigenvalue weighted by molar-refractivity contribution is 0.224. The minimum Gasteiger partial charge on any atom is -0.308 e. The van der Waals surface area contributed by atoms with Crippen molar-refractivity contribution < 1.29 is 4.63 Å². The zero-order chi connectivity index (χ0) is 11.5. The topological polar surface area (TPSA) is 51.0 Å². The molecule has 3 atom stereocenters. The third-order valence-electron chi connectivity index (χ3n) is 3.90. The van der Waals surface area contributed by atoms with Gasteiger partial charge in [0.25, 0.3) is 0 Å². The molecule has 0 aliphatic heterocycles. The quantitative estimate of drug-likeness (QED) is 0.854. The maximum Gasteiger partial charge on any atom is 0.121 e. The maximum absolute atomic E-state index is 4.68. The molecule has 1 aliphatic carbocycles. The van der Waals surface area contributed by atoms with Crippen LogP contribution in [0.1, 0.15) is 44.5 Å². The molecule has 0 radical (unpaired) electrons. The Morgan fingerprint density at radius 2 is 2.06 bits per heavy atom. The van der Waals surface area contributed by atoms with Crippen LogP contribution < -0.4 is 5.32 Å². The number of hydrogen-bond donors (Lipinski definition) is 1. The minimum atomic E-state index is 0.627. The molecule has 1 fully saturated rings. The van der Waals surface area contributed by atoms with Crippen molar-refractivity contribution in [1.82, 2.24) is 15.6 Å². The highest BCUT2D eigenvalue weighted by Gasteiger charge is 2.24. The molecule has 4 heteroatoms. The average Bonchev–Trinajstić information content (AvgIpc) is 2.66. The first-order valence-corrected chi connectivity index (χ1v) is 6.18. The van der Waals surface area contributed by atoms with Crippen molar-refractivity contribution in [1.29, 1.82) is 0 Å². The van der Waals surface area contributed by atoms with Crippen LogP contribution in [0.4, 0.5) is 0 Å². The molecule has 1 aliphatic rings. The molecular weight excluding hydrogens is 202 g/mol. The summed E-state index contributed by atoms with van der Waals surface area (Å²) in [7, 11) is 0. The van der Waals surface area contributed by atoms with Gasteiger partial charge in [-0.25, -0.2) is 4.63 Å². The predicted octanol–water partition coefficient (Wildman–Crippen LogP) is 2.29. The van der Waals surface area contributed by atoms with Gasteiger partial charge < -0.3 is 5.32 Å². The van der Waals surface area contributed by atoms with Gasteiger partial charge in [0, 0.05) is 12.6 Å². The van der Waals surface area contributed by atoms with E-state index in [1.54, 1.807) is 0 Å². The van der Waals surface area contributed by atoms with Gasteiger partial charge in [-0.1, -0.05) is 24.2 Å². The molecule has 1 heterocycles. The summed E-state index contributed by atoms with van der Waals surface area (Å²) >= 11 is 0. The van der Waals surface area contributed by atoms with Gasteiger partial charge in [0.15, 0.2) is 0 Å². The fourth-order valence-electron chi connectivity index (χ4n) is 2.38. The summed E-state index contributed by atoms with van der Waals surface area (Å²) < 4.78 is 4.68. The second kappa shape index (κ2) is 4.95. The molecule has 4 nitrogen and oxygen atoms in total. The molecule has 16 heavy (non-hydrogen) atoms. The molecule has 0 bridgehead atoms. The summed E-state index contributed by atoms with van der Waals surface area (Å²) in [4.78, 5) is 0. The smallest absolute Gasteiger partial charge is 0.121 e. The molecule has 0 aromatic carbocycles. The van der Waals surface area contributed by atoms with Crippen LogP contribution in [0, 0.1) is 18.8 Å². The summed E-state index contributed by atoms with van der Waals surface area (Å²) in [5, 5.41) is 11.2. The number of aryl methyl sites for hydroxylation is 1. The van der Waals surface area contributed by atoms with Crippen molar-refractivity contribution in [3.63, 3.8) is 0 Å². The van der Waals surface area contributed by atoms with Crippen LogP contribution in [0.2, 0.25) is 0 Å². The lowest BCUT2D eigenvalue weighted by Gasteiger charge is -2.32. The van der Waals surface area contributed by atoms with Crippen LogP contribution >= 0.6 is 0 Å². The third-order valence-corrected chi connectivity index (χ3v) is 3.90. The Morgan fingerprint density at radius 1 is 1.25 bits per heavy atom. The van der Waals surface area contributed by atoms with Crippen molar-refractivity contribution in [2.45, 2.75) is 52.6 Å². The van der Waals surface area contributed by atoms with Crippen LogP contribution in [-0.2, 0) is 6.54 Å². The summed E-state index contributed by atoms with van der Waals surface area (Å²) in [5.41, 5.74) is 1.83. The van der Waals surface area contributed by atoms with Gasteiger partial charge in [-0.05, 0) is 38.0 Å². The fraction of sp³-hybridized carbons (Fsp3) is 0.833. The summed E-state index contributed by atoms with van der Waals surface area (Å²) in [6, 6.07) is 0.627. The van der Waals surface area contributed by atoms with E-state index in [-0.39, 0.29) is 0 Å². The Balaban J connectivity index is 1.81. The van der Waals surface area contributed by atoms with Crippen LogP contribution in [0.15, 0.2) is 4.63 Å². The summed E-state index contributed by atoms with van der Waals surface area (Å²) in [5.74, 6) is 1.69. The van der Waals surface area contributed by atoms with Crippen molar-refractivity contribution in [2.24, 2.45) is 11.8 Å². The van der Waals surface area contributed by atoms with E-state index >= 15 is 0 Å². The number of rotatable bonds is 3. The van der Waals surface area contributed by atoms with Crippen molar-refractivity contribution in [3.05, 3.63) is 11.4 Å². The van der Waals surface area contributed by atoms with E-state index in [0.717, 1.165) is 29.8 Å². The summed E-state index contributed by atoms with van der Waals surface area (Å²) in [6.07, 6.45) is 3.87. The van der Waals surface area contributed by atoms with Gasteiger partial charge in [0.1, 0.15) is 11.4 Å². The minimum absolute atomic E-state index is 0.627. The van der Waals surface area contributed by atoms with Gasteiger partial charge in [-0.3, -0.25) is 0 Å². The third kappa shape index (κ3) is 2.61. The summed E-state index contributed by atoms with van der Waals surface area (Å²) in [6.45, 7) is 7.41. The molecule has 90 valence electrons. The largest absolute Gasteiger partial charge is 0.308 e. The van der Waals surface area contributed by atoms with E-state index < -0.39 is 0 Å². The van der Waals surface area contributed by atoms with Gasteiger partial charge in [0.2, 0.25) is 0 Å². The molecule has 0 saturated heterocycles. The Bertz CT molecular complexity index is 337. The highest BCUT2D eigenvalue weighted by atomic mass is 16.6. The zero-order valence-corrected chi connectivity index (χ0v) is 10.4. The normalized spacial score (nSPS) is 30.6. The monoisotopic (exact) mass is 223 g/mol. The van der Waals surface area contributed by atoms with E-state index in [0.29, 0.717) is 6.04 Å². The molecule has 2 rings (SSSR count). The molecule has 0 spiro atoms. The van der Waals surface area contributed by atoms with E-state index in [1.807, 2.05) is 6.92 Å². The molecule has 1 aromatic heterocycles. The lowest BCUT2D eigenvalue weighted by atomic mass is 9.79. The van der Waals surface area contributed by atoms with Gasteiger partial charge in [-0.2, -0.15) is 0 Å². The maximum atomic E-state index is 4.68. The highest BCUT2D eigenvalue weighted by molar-refractivity contribution is 5.04. The molecule has 1 aromatic rings. The Labute approximate surface area is 96.8 Å². The van der Waals surface area contributed by atoms with Crippen LogP contribution in [0.25, 0.3) is 0 Å². The standard InChI is InChI=1S/C12H21N3O/c1-8-4-5-11(6-9(8)2)13-7-12-10(3)14-16-15-12/h8-9,11,13H,4-7H2,1-3H3. The van der Waals surface area contributed by atoms with Gasteiger partial charge in [0.05, 0.1) is 0 Å². The van der Waals surface area contributed by atoms with Crippen LogP contribution in [-0.4, -0.2) is 16.4 Å². The first kappa shape index (κ1) is 11.6. The predicted molar refractivity (Wildman–Crippen MR) is 61.8 cm³/mol. The Kier molecular flexibility index (Phi) is 3.59. The molecule has 0 amide bonds. The second-order valence-electron chi connectivity index (χ2n) is 5.14. The van der Waals surface area contributed by atoms with E-state index in [1.165, 1.54) is 19.3 Å². The Morgan fingerprint density at radius 3 is 2.69 bits per heavy atom. The first-order valence-electron chi connectivity index (χ1n) is 6.18. The average molecular weight is 223 g/mol. The number of nitrogens with zero attached hydrogens (tertiary/aromatic N) is 2. The SMILES string of the molecule is Cc1nonc1CNC1CCC(C)C(C)C1. The number of nitrogens with one attached hydrogen (secondary N) is 1. The van der Waals surface area contributed by atoms with Crippen molar-refractivity contribution in [2.75, 3.05) is 0 Å². The Hall–Kier alpha value is -0.900. The number of hydrogen-bond acceptors (Lipinski definition) is 4. The first-order chi connectivity index (χ1) is 7.66. The zero-order valence-electron chi connectivity index (χ0n) is 10.4. The molecule has 3 unspecified atom stereocenters. The number of aromatic nitrogens is 2. The van der Waals surface area contributed by atoms with Crippen molar-refractivity contribution in [3.8, 4) is 0 Å². The van der Waals surface area contributed by atoms with E-state index in [9.17, 15) is 0 Å². The van der Waals surface area contributed by atoms with Gasteiger partial charge in [-0.15, -0.1) is 0 Å². The van der Waals surface area contributed by atoms with Crippen LogP contribution in [0.3, 0.4) is 0 Å². The molecular formula is C12H21N3O. The highest BCUT2D eigenvalue weighted by Crippen LogP contribution is 2.29. The second-order valence-corrected chi connectivity index (χ2v) is 5.14. The molecule has 1 saturated carbocycles. The van der Waals surface area contributed by atoms with Crippen molar-refractivity contribution >= 4 is 0 Å². The van der Waals surface area contributed by atoms with Crippen LogP contribution in [0.5, 0.6) is 0 Å². The lowest BCUT2D eigenvalue weighted by Crippen LogP contribution is -2.35. The van der Waals surface area contributed by atoms with E-state index in [4.69, 9.17) is 0 Å².